The molecule has 0 fully saturated rings. The van der Waals surface area contributed by atoms with Crippen molar-refractivity contribution in [1.29, 1.82) is 0 Å². The zero-order valence-corrected chi connectivity index (χ0v) is 17.5. The fourth-order valence-electron chi connectivity index (χ4n) is 3.19. The molecule has 0 saturated heterocycles. The lowest BCUT2D eigenvalue weighted by molar-refractivity contribution is -0.153. The van der Waals surface area contributed by atoms with Crippen molar-refractivity contribution in [2.45, 2.75) is 18.8 Å². The molecule has 0 spiro atoms. The van der Waals surface area contributed by atoms with Crippen LogP contribution in [-0.2, 0) is 21.4 Å². The number of nitrogens with zero attached hydrogens (tertiary/aromatic N) is 1. The van der Waals surface area contributed by atoms with Gasteiger partial charge in [0, 0.05) is 19.6 Å². The van der Waals surface area contributed by atoms with E-state index in [1.165, 1.54) is 24.3 Å². The van der Waals surface area contributed by atoms with Crippen molar-refractivity contribution in [2.24, 2.45) is 0 Å². The molecule has 168 valence electrons. The number of rotatable bonds is 8. The van der Waals surface area contributed by atoms with Crippen LogP contribution in [0.4, 0.5) is 18.9 Å². The van der Waals surface area contributed by atoms with Crippen LogP contribution in [0.3, 0.4) is 0 Å². The van der Waals surface area contributed by atoms with E-state index < -0.39 is 22.2 Å². The summed E-state index contributed by atoms with van der Waals surface area (Å²) in [5.41, 5.74) is 1.22. The summed E-state index contributed by atoms with van der Waals surface area (Å²) in [6.07, 6.45) is -4.08. The number of halogens is 3. The van der Waals surface area contributed by atoms with E-state index in [1.807, 2.05) is 12.1 Å². The molecule has 1 aliphatic rings. The molecule has 0 aliphatic carbocycles. The predicted octanol–water partition coefficient (Wildman–Crippen LogP) is 2.35. The zero-order valence-electron chi connectivity index (χ0n) is 16.6. The fraction of sp³-hybridized carbons (Fsp3) is 0.350. The number of nitrogens with one attached hydrogen (secondary N) is 2. The van der Waals surface area contributed by atoms with Gasteiger partial charge in [-0.05, 0) is 23.3 Å². The SMILES string of the molecule is CS(=O)(=O)NC(c1ccc(CNCCN2C(=O)COc3ccccc32)cc1)C(F)(F)F. The minimum absolute atomic E-state index is 0.0274. The van der Waals surface area contributed by atoms with Gasteiger partial charge in [-0.3, -0.25) is 4.79 Å². The Labute approximate surface area is 178 Å². The number of para-hydroxylation sites is 2. The summed E-state index contributed by atoms with van der Waals surface area (Å²) in [7, 11) is -4.04. The second kappa shape index (κ2) is 9.25. The molecule has 2 aromatic carbocycles. The summed E-state index contributed by atoms with van der Waals surface area (Å²) in [6.45, 7) is 1.21. The molecule has 1 unspecified atom stereocenters. The number of sulfonamides is 1. The van der Waals surface area contributed by atoms with Crippen molar-refractivity contribution in [3.05, 3.63) is 59.7 Å². The van der Waals surface area contributed by atoms with Crippen LogP contribution >= 0.6 is 0 Å². The number of carbonyl (C=O) groups excluding carboxylic acids is 1. The molecule has 2 aromatic rings. The number of fused-ring (bicyclic) bond motifs is 1. The molecule has 0 bridgehead atoms. The van der Waals surface area contributed by atoms with Crippen LogP contribution in [-0.4, -0.2) is 46.5 Å². The van der Waals surface area contributed by atoms with Gasteiger partial charge in [0.2, 0.25) is 10.0 Å². The minimum atomic E-state index is -4.76. The summed E-state index contributed by atoms with van der Waals surface area (Å²) in [4.78, 5) is 13.8. The average molecular weight is 457 g/mol. The van der Waals surface area contributed by atoms with Gasteiger partial charge in [0.15, 0.2) is 6.61 Å². The molecule has 0 aromatic heterocycles. The Bertz CT molecular complexity index is 1030. The van der Waals surface area contributed by atoms with Gasteiger partial charge in [-0.25, -0.2) is 8.42 Å². The molecule has 7 nitrogen and oxygen atoms in total. The van der Waals surface area contributed by atoms with Crippen molar-refractivity contribution < 1.29 is 31.1 Å². The molecule has 11 heteroatoms. The first-order valence-electron chi connectivity index (χ1n) is 9.40. The second-order valence-electron chi connectivity index (χ2n) is 7.08. The smallest absolute Gasteiger partial charge is 0.408 e. The van der Waals surface area contributed by atoms with E-state index in [-0.39, 0.29) is 18.1 Å². The highest BCUT2D eigenvalue weighted by Gasteiger charge is 2.42. The van der Waals surface area contributed by atoms with Crippen LogP contribution in [0.15, 0.2) is 48.5 Å². The highest BCUT2D eigenvalue weighted by atomic mass is 32.2. The third kappa shape index (κ3) is 6.18. The highest BCUT2D eigenvalue weighted by Crippen LogP contribution is 2.33. The Kier molecular flexibility index (Phi) is 6.87. The maximum absolute atomic E-state index is 13.2. The largest absolute Gasteiger partial charge is 0.482 e. The van der Waals surface area contributed by atoms with E-state index >= 15 is 0 Å². The highest BCUT2D eigenvalue weighted by molar-refractivity contribution is 7.88. The van der Waals surface area contributed by atoms with E-state index in [0.717, 1.165) is 5.56 Å². The second-order valence-corrected chi connectivity index (χ2v) is 8.86. The first kappa shape index (κ1) is 23.0. The Morgan fingerprint density at radius 2 is 1.81 bits per heavy atom. The number of hydrogen-bond donors (Lipinski definition) is 2. The van der Waals surface area contributed by atoms with E-state index in [9.17, 15) is 26.4 Å². The molecule has 0 radical (unpaired) electrons. The number of benzene rings is 2. The minimum Gasteiger partial charge on any atom is -0.482 e. The van der Waals surface area contributed by atoms with Gasteiger partial charge in [0.25, 0.3) is 5.91 Å². The molecule has 2 N–H and O–H groups in total. The van der Waals surface area contributed by atoms with Crippen molar-refractivity contribution in [2.75, 3.05) is 30.9 Å². The summed E-state index contributed by atoms with van der Waals surface area (Å²) < 4.78 is 69.2. The molecule has 3 rings (SSSR count). The summed E-state index contributed by atoms with van der Waals surface area (Å²) in [5.74, 6) is 0.487. The Morgan fingerprint density at radius 3 is 2.45 bits per heavy atom. The van der Waals surface area contributed by atoms with Gasteiger partial charge in [-0.1, -0.05) is 36.4 Å². The third-order valence-corrected chi connectivity index (χ3v) is 5.29. The fourth-order valence-corrected chi connectivity index (χ4v) is 3.89. The quantitative estimate of drug-likeness (QED) is 0.595. The van der Waals surface area contributed by atoms with E-state index in [0.29, 0.717) is 37.3 Å². The number of amides is 1. The van der Waals surface area contributed by atoms with E-state index in [4.69, 9.17) is 4.74 Å². The van der Waals surface area contributed by atoms with Crippen LogP contribution in [0.25, 0.3) is 0 Å². The standard InChI is InChI=1S/C20H22F3N3O4S/c1-31(28,29)25-19(20(21,22)23)15-8-6-14(7-9-15)12-24-10-11-26-16-4-2-3-5-17(16)30-13-18(26)27/h2-9,19,24-25H,10-13H2,1H3. The van der Waals surface area contributed by atoms with Gasteiger partial charge in [0.05, 0.1) is 11.9 Å². The monoisotopic (exact) mass is 457 g/mol. The van der Waals surface area contributed by atoms with Gasteiger partial charge in [-0.2, -0.15) is 17.9 Å². The Balaban J connectivity index is 1.57. The summed E-state index contributed by atoms with van der Waals surface area (Å²) in [5, 5.41) is 3.15. The number of ether oxygens (including phenoxy) is 1. The summed E-state index contributed by atoms with van der Waals surface area (Å²) in [6, 6.07) is 10.4. The molecular weight excluding hydrogens is 435 g/mol. The lowest BCUT2D eigenvalue weighted by Crippen LogP contribution is -2.42. The van der Waals surface area contributed by atoms with E-state index in [2.05, 4.69) is 5.32 Å². The van der Waals surface area contributed by atoms with Crippen LogP contribution in [0.5, 0.6) is 5.75 Å². The van der Waals surface area contributed by atoms with Crippen molar-refractivity contribution in [3.63, 3.8) is 0 Å². The first-order valence-corrected chi connectivity index (χ1v) is 11.3. The van der Waals surface area contributed by atoms with Crippen molar-refractivity contribution in [3.8, 4) is 5.75 Å². The topological polar surface area (TPSA) is 87.7 Å². The maximum atomic E-state index is 13.2. The molecular formula is C20H22F3N3O4S. The van der Waals surface area contributed by atoms with E-state index in [1.54, 1.807) is 21.8 Å². The molecule has 1 heterocycles. The van der Waals surface area contributed by atoms with Gasteiger partial charge < -0.3 is 15.0 Å². The summed E-state index contributed by atoms with van der Waals surface area (Å²) >= 11 is 0. The van der Waals surface area contributed by atoms with Gasteiger partial charge in [-0.15, -0.1) is 0 Å². The van der Waals surface area contributed by atoms with Crippen LogP contribution < -0.4 is 19.7 Å². The van der Waals surface area contributed by atoms with Crippen LogP contribution in [0.1, 0.15) is 17.2 Å². The van der Waals surface area contributed by atoms with Crippen LogP contribution in [0, 0.1) is 0 Å². The average Bonchev–Trinajstić information content (AvgIpc) is 2.70. The number of alkyl halides is 3. The molecule has 1 atom stereocenters. The Hall–Kier alpha value is -2.63. The Morgan fingerprint density at radius 1 is 1.13 bits per heavy atom. The van der Waals surface area contributed by atoms with Crippen molar-refractivity contribution >= 4 is 21.6 Å². The molecule has 0 saturated carbocycles. The number of anilines is 1. The van der Waals surface area contributed by atoms with Gasteiger partial charge >= 0.3 is 6.18 Å². The molecule has 1 amide bonds. The lowest BCUT2D eigenvalue weighted by atomic mass is 10.1. The van der Waals surface area contributed by atoms with Crippen molar-refractivity contribution in [1.82, 2.24) is 10.0 Å². The molecule has 1 aliphatic heterocycles. The first-order chi connectivity index (χ1) is 14.5. The normalized spacial score (nSPS) is 15.4. The molecule has 31 heavy (non-hydrogen) atoms. The maximum Gasteiger partial charge on any atom is 0.408 e. The number of carbonyl (C=O) groups is 1. The third-order valence-electron chi connectivity index (χ3n) is 4.62. The number of hydrogen-bond acceptors (Lipinski definition) is 5. The van der Waals surface area contributed by atoms with Gasteiger partial charge in [0.1, 0.15) is 11.8 Å². The van der Waals surface area contributed by atoms with Crippen LogP contribution in [0.2, 0.25) is 0 Å². The zero-order chi connectivity index (χ0) is 22.6. The lowest BCUT2D eigenvalue weighted by Gasteiger charge is -2.29. The predicted molar refractivity (Wildman–Crippen MR) is 109 cm³/mol.